The topological polar surface area (TPSA) is 90.9 Å². The molecule has 1 saturated carbocycles. The number of nitriles is 1. The summed E-state index contributed by atoms with van der Waals surface area (Å²) in [7, 11) is 0. The molecule has 17 heavy (non-hydrogen) atoms. The minimum atomic E-state index is 0.410. The predicted molar refractivity (Wildman–Crippen MR) is 65.2 cm³/mol. The van der Waals surface area contributed by atoms with E-state index in [1.54, 1.807) is 6.20 Å². The lowest BCUT2D eigenvalue weighted by Gasteiger charge is -2.24. The second-order valence-corrected chi connectivity index (χ2v) is 4.18. The van der Waals surface area contributed by atoms with Crippen molar-refractivity contribution in [3.05, 3.63) is 11.8 Å². The van der Waals surface area contributed by atoms with Crippen LogP contribution in [0.3, 0.4) is 0 Å². The Morgan fingerprint density at radius 1 is 1.65 bits per heavy atom. The van der Waals surface area contributed by atoms with Crippen LogP contribution in [0.5, 0.6) is 0 Å². The van der Waals surface area contributed by atoms with E-state index < -0.39 is 0 Å². The monoisotopic (exact) mass is 232 g/mol. The van der Waals surface area contributed by atoms with Crippen molar-refractivity contribution >= 4 is 11.8 Å². The Morgan fingerprint density at radius 3 is 3.00 bits per heavy atom. The summed E-state index contributed by atoms with van der Waals surface area (Å²) in [5.41, 5.74) is 3.46. The molecule has 0 atom stereocenters. The zero-order valence-electron chi connectivity index (χ0n) is 9.85. The first-order chi connectivity index (χ1) is 8.26. The molecule has 1 aliphatic rings. The molecular formula is C11H16N6. The molecule has 0 saturated heterocycles. The molecule has 6 heteroatoms. The zero-order chi connectivity index (χ0) is 12.3. The normalized spacial score (nSPS) is 14.2. The highest BCUT2D eigenvalue weighted by Crippen LogP contribution is 2.32. The van der Waals surface area contributed by atoms with E-state index in [4.69, 9.17) is 11.1 Å². The van der Waals surface area contributed by atoms with Gasteiger partial charge in [-0.15, -0.1) is 0 Å². The Labute approximate surface area is 100 Å². The standard InChI is InChI=1S/C11H16N6/c1-8-7-14-11(16-13)15-10(8)17(6-2-5-12)9-3-4-9/h7,9H,2-4,6,13H2,1H3,(H,14,15,16). The van der Waals surface area contributed by atoms with Crippen molar-refractivity contribution in [3.8, 4) is 6.07 Å². The summed E-state index contributed by atoms with van der Waals surface area (Å²) in [6.45, 7) is 2.68. The maximum atomic E-state index is 8.69. The van der Waals surface area contributed by atoms with Crippen molar-refractivity contribution in [1.29, 1.82) is 5.26 Å². The van der Waals surface area contributed by atoms with Gasteiger partial charge in [-0.1, -0.05) is 0 Å². The lowest BCUT2D eigenvalue weighted by atomic mass is 10.3. The highest BCUT2D eigenvalue weighted by molar-refractivity contribution is 5.50. The van der Waals surface area contributed by atoms with Crippen LogP contribution in [0, 0.1) is 18.3 Å². The average molecular weight is 232 g/mol. The van der Waals surface area contributed by atoms with Crippen molar-refractivity contribution in [1.82, 2.24) is 9.97 Å². The molecule has 0 amide bonds. The SMILES string of the molecule is Cc1cnc(NN)nc1N(CCC#N)C1CC1. The van der Waals surface area contributed by atoms with Gasteiger partial charge in [-0.3, -0.25) is 5.43 Å². The van der Waals surface area contributed by atoms with E-state index in [0.29, 0.717) is 25.0 Å². The minimum absolute atomic E-state index is 0.410. The van der Waals surface area contributed by atoms with Gasteiger partial charge in [-0.2, -0.15) is 10.2 Å². The first kappa shape index (κ1) is 11.6. The maximum Gasteiger partial charge on any atom is 0.239 e. The first-order valence-electron chi connectivity index (χ1n) is 5.70. The van der Waals surface area contributed by atoms with Gasteiger partial charge in [-0.25, -0.2) is 10.8 Å². The zero-order valence-corrected chi connectivity index (χ0v) is 9.85. The summed E-state index contributed by atoms with van der Waals surface area (Å²) in [5, 5.41) is 8.69. The van der Waals surface area contributed by atoms with E-state index in [0.717, 1.165) is 11.4 Å². The van der Waals surface area contributed by atoms with Crippen LogP contribution in [0.2, 0.25) is 0 Å². The molecule has 1 fully saturated rings. The second-order valence-electron chi connectivity index (χ2n) is 4.18. The van der Waals surface area contributed by atoms with Crippen molar-refractivity contribution in [2.45, 2.75) is 32.2 Å². The molecule has 1 aliphatic carbocycles. The third-order valence-electron chi connectivity index (χ3n) is 2.80. The van der Waals surface area contributed by atoms with Crippen molar-refractivity contribution in [2.24, 2.45) is 5.84 Å². The van der Waals surface area contributed by atoms with Crippen LogP contribution in [-0.4, -0.2) is 22.6 Å². The van der Waals surface area contributed by atoms with E-state index in [2.05, 4.69) is 26.4 Å². The van der Waals surface area contributed by atoms with Crippen LogP contribution in [0.25, 0.3) is 0 Å². The molecule has 0 bridgehead atoms. The quantitative estimate of drug-likeness (QED) is 0.580. The number of anilines is 2. The fourth-order valence-electron chi connectivity index (χ4n) is 1.81. The number of rotatable bonds is 5. The molecular weight excluding hydrogens is 216 g/mol. The van der Waals surface area contributed by atoms with E-state index in [1.165, 1.54) is 12.8 Å². The van der Waals surface area contributed by atoms with Gasteiger partial charge in [0.1, 0.15) is 5.82 Å². The molecule has 6 nitrogen and oxygen atoms in total. The average Bonchev–Trinajstić information content (AvgIpc) is 3.16. The lowest BCUT2D eigenvalue weighted by molar-refractivity contribution is 0.771. The molecule has 0 aromatic carbocycles. The number of nitrogen functional groups attached to an aromatic ring is 1. The highest BCUT2D eigenvalue weighted by atomic mass is 15.3. The Bertz CT molecular complexity index is 434. The van der Waals surface area contributed by atoms with Crippen LogP contribution in [-0.2, 0) is 0 Å². The van der Waals surface area contributed by atoms with Gasteiger partial charge in [0.05, 0.1) is 12.5 Å². The minimum Gasteiger partial charge on any atom is -0.352 e. The van der Waals surface area contributed by atoms with E-state index in [1.807, 2.05) is 6.92 Å². The molecule has 90 valence electrons. The fraction of sp³-hybridized carbons (Fsp3) is 0.545. The first-order valence-corrected chi connectivity index (χ1v) is 5.70. The van der Waals surface area contributed by atoms with Gasteiger partial charge in [0.15, 0.2) is 0 Å². The van der Waals surface area contributed by atoms with Gasteiger partial charge in [0.2, 0.25) is 5.95 Å². The van der Waals surface area contributed by atoms with Crippen LogP contribution >= 0.6 is 0 Å². The van der Waals surface area contributed by atoms with E-state index >= 15 is 0 Å². The number of aromatic nitrogens is 2. The Balaban J connectivity index is 2.24. The maximum absolute atomic E-state index is 8.69. The van der Waals surface area contributed by atoms with Gasteiger partial charge >= 0.3 is 0 Å². The number of hydrazine groups is 1. The van der Waals surface area contributed by atoms with Crippen molar-refractivity contribution < 1.29 is 0 Å². The van der Waals surface area contributed by atoms with Gasteiger partial charge in [0.25, 0.3) is 0 Å². The second kappa shape index (κ2) is 4.97. The Kier molecular flexibility index (Phi) is 3.40. The molecule has 1 aromatic rings. The van der Waals surface area contributed by atoms with Gasteiger partial charge < -0.3 is 4.90 Å². The van der Waals surface area contributed by atoms with Crippen LogP contribution in [0.4, 0.5) is 11.8 Å². The summed E-state index contributed by atoms with van der Waals surface area (Å²) in [6.07, 6.45) is 4.59. The number of nitrogens with one attached hydrogen (secondary N) is 1. The molecule has 0 aliphatic heterocycles. The van der Waals surface area contributed by atoms with Gasteiger partial charge in [0, 0.05) is 24.3 Å². The Hall–Kier alpha value is -1.87. The smallest absolute Gasteiger partial charge is 0.239 e. The number of hydrogen-bond acceptors (Lipinski definition) is 6. The van der Waals surface area contributed by atoms with Crippen molar-refractivity contribution in [3.63, 3.8) is 0 Å². The van der Waals surface area contributed by atoms with E-state index in [9.17, 15) is 0 Å². The summed E-state index contributed by atoms with van der Waals surface area (Å²) in [6, 6.07) is 2.69. The summed E-state index contributed by atoms with van der Waals surface area (Å²) < 4.78 is 0. The molecule has 0 unspecified atom stereocenters. The summed E-state index contributed by atoms with van der Waals surface area (Å²) in [4.78, 5) is 10.6. The lowest BCUT2D eigenvalue weighted by Crippen LogP contribution is -2.29. The predicted octanol–water partition coefficient (Wildman–Crippen LogP) is 0.953. The summed E-state index contributed by atoms with van der Waals surface area (Å²) in [5.74, 6) is 6.61. The van der Waals surface area contributed by atoms with Gasteiger partial charge in [-0.05, 0) is 19.8 Å². The molecule has 1 aromatic heterocycles. The molecule has 3 N–H and O–H groups in total. The summed E-state index contributed by atoms with van der Waals surface area (Å²) >= 11 is 0. The number of nitrogens with zero attached hydrogens (tertiary/aromatic N) is 4. The molecule has 0 radical (unpaired) electrons. The van der Waals surface area contributed by atoms with Crippen LogP contribution in [0.15, 0.2) is 6.20 Å². The highest BCUT2D eigenvalue weighted by Gasteiger charge is 2.30. The van der Waals surface area contributed by atoms with Crippen molar-refractivity contribution in [2.75, 3.05) is 16.9 Å². The third-order valence-corrected chi connectivity index (χ3v) is 2.80. The van der Waals surface area contributed by atoms with Crippen LogP contribution in [0.1, 0.15) is 24.8 Å². The molecule has 0 spiro atoms. The fourth-order valence-corrected chi connectivity index (χ4v) is 1.81. The third kappa shape index (κ3) is 2.63. The largest absolute Gasteiger partial charge is 0.352 e. The Morgan fingerprint density at radius 2 is 2.41 bits per heavy atom. The molecule has 2 rings (SSSR count). The number of aryl methyl sites for hydroxylation is 1. The number of hydrogen-bond donors (Lipinski definition) is 2. The number of nitrogens with two attached hydrogens (primary N) is 1. The molecule has 1 heterocycles. The van der Waals surface area contributed by atoms with E-state index in [-0.39, 0.29) is 0 Å². The van der Waals surface area contributed by atoms with Crippen LogP contribution < -0.4 is 16.2 Å².